The average molecular weight is 228 g/mol. The van der Waals surface area contributed by atoms with Gasteiger partial charge < -0.3 is 19.5 Å². The molecule has 16 heavy (non-hydrogen) atoms. The summed E-state index contributed by atoms with van der Waals surface area (Å²) in [5, 5.41) is 6.96. The maximum absolute atomic E-state index is 5.42. The van der Waals surface area contributed by atoms with E-state index in [9.17, 15) is 0 Å². The van der Waals surface area contributed by atoms with Gasteiger partial charge in [0.05, 0.1) is 19.8 Å². The van der Waals surface area contributed by atoms with Crippen LogP contribution in [0.15, 0.2) is 4.52 Å². The fourth-order valence-electron chi connectivity index (χ4n) is 1.11. The minimum absolute atomic E-state index is 0.596. The van der Waals surface area contributed by atoms with Crippen LogP contribution < -0.4 is 5.32 Å². The second-order valence-electron chi connectivity index (χ2n) is 3.82. The van der Waals surface area contributed by atoms with Gasteiger partial charge in [0.15, 0.2) is 5.82 Å². The highest BCUT2D eigenvalue weighted by molar-refractivity contribution is 4.82. The third-order valence-electron chi connectivity index (χ3n) is 1.96. The minimum atomic E-state index is 0.596. The summed E-state index contributed by atoms with van der Waals surface area (Å²) < 4.78 is 10.3. The quantitative estimate of drug-likeness (QED) is 0.634. The zero-order chi connectivity index (χ0) is 11.8. The summed E-state index contributed by atoms with van der Waals surface area (Å²) in [7, 11) is 4.06. The van der Waals surface area contributed by atoms with Gasteiger partial charge in [0.2, 0.25) is 5.89 Å². The summed E-state index contributed by atoms with van der Waals surface area (Å²) in [4.78, 5) is 6.17. The maximum atomic E-state index is 5.42. The van der Waals surface area contributed by atoms with Crippen molar-refractivity contribution in [1.82, 2.24) is 20.4 Å². The Bertz CT molecular complexity index is 288. The Morgan fingerprint density at radius 2 is 2.19 bits per heavy atom. The van der Waals surface area contributed by atoms with Gasteiger partial charge in [-0.1, -0.05) is 5.16 Å². The predicted molar refractivity (Wildman–Crippen MR) is 60.1 cm³/mol. The van der Waals surface area contributed by atoms with E-state index in [4.69, 9.17) is 9.26 Å². The van der Waals surface area contributed by atoms with Crippen molar-refractivity contribution < 1.29 is 9.26 Å². The molecule has 0 aliphatic carbocycles. The molecule has 0 aliphatic rings. The fourth-order valence-corrected chi connectivity index (χ4v) is 1.11. The average Bonchev–Trinajstić information content (AvgIpc) is 2.62. The molecule has 0 fully saturated rings. The van der Waals surface area contributed by atoms with E-state index in [1.807, 2.05) is 14.1 Å². The van der Waals surface area contributed by atoms with Crippen LogP contribution in [0.25, 0.3) is 0 Å². The number of hydrogen-bond donors (Lipinski definition) is 1. The van der Waals surface area contributed by atoms with Gasteiger partial charge in [-0.05, 0) is 14.1 Å². The Morgan fingerprint density at radius 1 is 1.38 bits per heavy atom. The molecule has 0 saturated heterocycles. The molecule has 0 atom stereocenters. The van der Waals surface area contributed by atoms with Crippen LogP contribution in [-0.2, 0) is 11.3 Å². The molecule has 6 nitrogen and oxygen atoms in total. The van der Waals surface area contributed by atoms with Crippen LogP contribution in [0.2, 0.25) is 0 Å². The van der Waals surface area contributed by atoms with Gasteiger partial charge in [0.25, 0.3) is 0 Å². The summed E-state index contributed by atoms with van der Waals surface area (Å²) in [6.07, 6.45) is 0. The largest absolute Gasteiger partial charge is 0.379 e. The molecule has 1 rings (SSSR count). The minimum Gasteiger partial charge on any atom is -0.379 e. The number of likely N-dealkylation sites (N-methyl/N-ethyl adjacent to an activating group) is 1. The molecule has 0 unspecified atom stereocenters. The SMILES string of the molecule is Cc1nc(CNCCOCCN(C)C)no1. The number of rotatable bonds is 8. The van der Waals surface area contributed by atoms with Crippen molar-refractivity contribution in [2.75, 3.05) is 40.4 Å². The summed E-state index contributed by atoms with van der Waals surface area (Å²) in [6, 6.07) is 0. The molecule has 0 aliphatic heterocycles. The fraction of sp³-hybridized carbons (Fsp3) is 0.800. The van der Waals surface area contributed by atoms with E-state index in [0.717, 1.165) is 19.7 Å². The van der Waals surface area contributed by atoms with E-state index in [2.05, 4.69) is 20.4 Å². The van der Waals surface area contributed by atoms with Crippen molar-refractivity contribution in [1.29, 1.82) is 0 Å². The highest BCUT2D eigenvalue weighted by Gasteiger charge is 2.00. The third-order valence-corrected chi connectivity index (χ3v) is 1.96. The van der Waals surface area contributed by atoms with E-state index in [1.54, 1.807) is 6.92 Å². The Morgan fingerprint density at radius 3 is 2.81 bits per heavy atom. The van der Waals surface area contributed by atoms with Crippen molar-refractivity contribution in [3.8, 4) is 0 Å². The molecule has 0 radical (unpaired) electrons. The monoisotopic (exact) mass is 228 g/mol. The van der Waals surface area contributed by atoms with E-state index in [1.165, 1.54) is 0 Å². The van der Waals surface area contributed by atoms with Crippen molar-refractivity contribution in [3.05, 3.63) is 11.7 Å². The lowest BCUT2D eigenvalue weighted by molar-refractivity contribution is 0.119. The number of nitrogens with one attached hydrogen (secondary N) is 1. The van der Waals surface area contributed by atoms with Gasteiger partial charge in [-0.15, -0.1) is 0 Å². The Balaban J connectivity index is 1.92. The van der Waals surface area contributed by atoms with Crippen LogP contribution in [-0.4, -0.2) is 55.4 Å². The molecule has 1 aromatic heterocycles. The molecule has 0 saturated carbocycles. The van der Waals surface area contributed by atoms with Gasteiger partial charge in [-0.3, -0.25) is 0 Å². The molecule has 0 amide bonds. The zero-order valence-electron chi connectivity index (χ0n) is 10.2. The molecule has 92 valence electrons. The van der Waals surface area contributed by atoms with Crippen LogP contribution in [0.1, 0.15) is 11.7 Å². The molecule has 1 heterocycles. The van der Waals surface area contributed by atoms with Crippen molar-refractivity contribution in [2.45, 2.75) is 13.5 Å². The van der Waals surface area contributed by atoms with Gasteiger partial charge in [-0.25, -0.2) is 0 Å². The van der Waals surface area contributed by atoms with E-state index in [-0.39, 0.29) is 0 Å². The smallest absolute Gasteiger partial charge is 0.223 e. The van der Waals surface area contributed by atoms with Crippen molar-refractivity contribution >= 4 is 0 Å². The molecule has 0 aromatic carbocycles. The Kier molecular flexibility index (Phi) is 5.99. The number of nitrogens with zero attached hydrogens (tertiary/aromatic N) is 3. The third kappa shape index (κ3) is 5.79. The number of aromatic nitrogens is 2. The topological polar surface area (TPSA) is 63.4 Å². The second-order valence-corrected chi connectivity index (χ2v) is 3.82. The highest BCUT2D eigenvalue weighted by Crippen LogP contribution is 1.93. The maximum Gasteiger partial charge on any atom is 0.223 e. The van der Waals surface area contributed by atoms with Gasteiger partial charge in [-0.2, -0.15) is 4.98 Å². The molecule has 0 spiro atoms. The van der Waals surface area contributed by atoms with E-state index in [0.29, 0.717) is 24.9 Å². The lowest BCUT2D eigenvalue weighted by Crippen LogP contribution is -2.23. The first kappa shape index (κ1) is 13.1. The van der Waals surface area contributed by atoms with Crippen LogP contribution in [0.4, 0.5) is 0 Å². The van der Waals surface area contributed by atoms with Crippen LogP contribution in [0, 0.1) is 6.92 Å². The standard InChI is InChI=1S/C10H20N4O2/c1-9-12-10(13-16-9)8-11-4-6-15-7-5-14(2)3/h11H,4-8H2,1-3H3. The van der Waals surface area contributed by atoms with E-state index >= 15 is 0 Å². The lowest BCUT2D eigenvalue weighted by atomic mass is 10.5. The predicted octanol–water partition coefficient (Wildman–Crippen LogP) is 0.0458. The first-order chi connectivity index (χ1) is 7.68. The molecular formula is C10H20N4O2. The molecule has 0 bridgehead atoms. The first-order valence-electron chi connectivity index (χ1n) is 5.41. The van der Waals surface area contributed by atoms with E-state index < -0.39 is 0 Å². The molecular weight excluding hydrogens is 208 g/mol. The lowest BCUT2D eigenvalue weighted by Gasteiger charge is -2.09. The van der Waals surface area contributed by atoms with Gasteiger partial charge in [0.1, 0.15) is 0 Å². The second kappa shape index (κ2) is 7.32. The summed E-state index contributed by atoms with van der Waals surface area (Å²) in [5.74, 6) is 1.28. The van der Waals surface area contributed by atoms with Gasteiger partial charge in [0, 0.05) is 20.0 Å². The zero-order valence-corrected chi connectivity index (χ0v) is 10.2. The number of ether oxygens (including phenoxy) is 1. The Labute approximate surface area is 96.0 Å². The Hall–Kier alpha value is -0.980. The normalized spacial score (nSPS) is 11.2. The van der Waals surface area contributed by atoms with Crippen LogP contribution in [0.5, 0.6) is 0 Å². The summed E-state index contributed by atoms with van der Waals surface area (Å²) >= 11 is 0. The molecule has 6 heteroatoms. The van der Waals surface area contributed by atoms with Crippen molar-refractivity contribution in [2.24, 2.45) is 0 Å². The van der Waals surface area contributed by atoms with Crippen molar-refractivity contribution in [3.63, 3.8) is 0 Å². The first-order valence-corrected chi connectivity index (χ1v) is 5.41. The number of hydrogen-bond acceptors (Lipinski definition) is 6. The summed E-state index contributed by atoms with van der Waals surface area (Å²) in [6.45, 7) is 5.60. The molecule has 1 N–H and O–H groups in total. The van der Waals surface area contributed by atoms with Gasteiger partial charge >= 0.3 is 0 Å². The highest BCUT2D eigenvalue weighted by atomic mass is 16.5. The summed E-state index contributed by atoms with van der Waals surface area (Å²) in [5.41, 5.74) is 0. The van der Waals surface area contributed by atoms with Crippen LogP contribution in [0.3, 0.4) is 0 Å². The van der Waals surface area contributed by atoms with Crippen LogP contribution >= 0.6 is 0 Å². The molecule has 1 aromatic rings. The number of aryl methyl sites for hydroxylation is 1.